The van der Waals surface area contributed by atoms with Gasteiger partial charge in [-0.15, -0.1) is 0 Å². The van der Waals surface area contributed by atoms with Crippen LogP contribution in [0.2, 0.25) is 0 Å². The molecule has 3 rings (SSSR count). The Morgan fingerprint density at radius 2 is 2.27 bits per heavy atom. The lowest BCUT2D eigenvalue weighted by molar-refractivity contribution is -0.139. The predicted octanol–water partition coefficient (Wildman–Crippen LogP) is 0.921. The smallest absolute Gasteiger partial charge is 0.252 e. The van der Waals surface area contributed by atoms with Crippen LogP contribution in [0.4, 0.5) is 0 Å². The SMILES string of the molecule is Cc1nc2ncnn2c(C)c1CCC(=O)N1CCOC[C@H]1C. The van der Waals surface area contributed by atoms with Crippen LogP contribution < -0.4 is 0 Å². The molecule has 1 aliphatic rings. The quantitative estimate of drug-likeness (QED) is 0.843. The number of aromatic nitrogens is 4. The second-order valence-electron chi connectivity index (χ2n) is 5.74. The van der Waals surface area contributed by atoms with E-state index in [2.05, 4.69) is 15.1 Å². The van der Waals surface area contributed by atoms with Gasteiger partial charge < -0.3 is 9.64 Å². The van der Waals surface area contributed by atoms with E-state index in [1.54, 1.807) is 4.52 Å². The standard InChI is InChI=1S/C15H21N5O2/c1-10-8-22-7-6-19(10)14(21)5-4-13-11(2)18-15-16-9-17-20(15)12(13)3/h9-10H,4-8H2,1-3H3/t10-/m1/s1. The number of carbonyl (C=O) groups is 1. The molecule has 3 heterocycles. The van der Waals surface area contributed by atoms with E-state index in [-0.39, 0.29) is 11.9 Å². The first-order valence-electron chi connectivity index (χ1n) is 7.61. The Bertz CT molecular complexity index is 697. The van der Waals surface area contributed by atoms with Gasteiger partial charge in [0, 0.05) is 24.4 Å². The van der Waals surface area contributed by atoms with Gasteiger partial charge >= 0.3 is 0 Å². The number of morpholine rings is 1. The maximum Gasteiger partial charge on any atom is 0.252 e. The van der Waals surface area contributed by atoms with Crippen LogP contribution in [0.5, 0.6) is 0 Å². The summed E-state index contributed by atoms with van der Waals surface area (Å²) < 4.78 is 7.11. The van der Waals surface area contributed by atoms with Gasteiger partial charge in [0.1, 0.15) is 6.33 Å². The number of amides is 1. The summed E-state index contributed by atoms with van der Waals surface area (Å²) in [4.78, 5) is 22.9. The minimum absolute atomic E-state index is 0.152. The van der Waals surface area contributed by atoms with Gasteiger partial charge in [0.25, 0.3) is 5.78 Å². The first kappa shape index (κ1) is 14.9. The monoisotopic (exact) mass is 303 g/mol. The second kappa shape index (κ2) is 6.00. The Morgan fingerprint density at radius 3 is 3.05 bits per heavy atom. The minimum Gasteiger partial charge on any atom is -0.377 e. The van der Waals surface area contributed by atoms with Crippen LogP contribution in [0.25, 0.3) is 5.78 Å². The highest BCUT2D eigenvalue weighted by molar-refractivity contribution is 5.77. The molecule has 2 aromatic heterocycles. The van der Waals surface area contributed by atoms with Gasteiger partial charge in [-0.1, -0.05) is 0 Å². The van der Waals surface area contributed by atoms with Gasteiger partial charge in [0.2, 0.25) is 5.91 Å². The molecule has 1 atom stereocenters. The van der Waals surface area contributed by atoms with Crippen molar-refractivity contribution in [1.29, 1.82) is 0 Å². The zero-order valence-corrected chi connectivity index (χ0v) is 13.2. The van der Waals surface area contributed by atoms with Gasteiger partial charge in [-0.2, -0.15) is 10.1 Å². The van der Waals surface area contributed by atoms with E-state index in [9.17, 15) is 4.79 Å². The van der Waals surface area contributed by atoms with E-state index >= 15 is 0 Å². The number of ether oxygens (including phenoxy) is 1. The Balaban J connectivity index is 1.74. The molecular formula is C15H21N5O2. The first-order chi connectivity index (χ1) is 10.6. The number of carbonyl (C=O) groups excluding carboxylic acids is 1. The number of rotatable bonds is 3. The maximum atomic E-state index is 12.4. The van der Waals surface area contributed by atoms with Crippen LogP contribution >= 0.6 is 0 Å². The summed E-state index contributed by atoms with van der Waals surface area (Å²) in [6.07, 6.45) is 2.65. The van der Waals surface area contributed by atoms with Crippen LogP contribution in [0.15, 0.2) is 6.33 Å². The largest absolute Gasteiger partial charge is 0.377 e. The Morgan fingerprint density at radius 1 is 1.45 bits per heavy atom. The van der Waals surface area contributed by atoms with Crippen LogP contribution in [0, 0.1) is 13.8 Å². The van der Waals surface area contributed by atoms with Crippen molar-refractivity contribution in [1.82, 2.24) is 24.5 Å². The highest BCUT2D eigenvalue weighted by Crippen LogP contribution is 2.16. The maximum absolute atomic E-state index is 12.4. The minimum atomic E-state index is 0.152. The average Bonchev–Trinajstić information content (AvgIpc) is 2.95. The van der Waals surface area contributed by atoms with Crippen molar-refractivity contribution < 1.29 is 9.53 Å². The highest BCUT2D eigenvalue weighted by atomic mass is 16.5. The summed E-state index contributed by atoms with van der Waals surface area (Å²) in [7, 11) is 0. The number of fused-ring (bicyclic) bond motifs is 1. The third-order valence-corrected chi connectivity index (χ3v) is 4.27. The molecule has 0 aromatic carbocycles. The van der Waals surface area contributed by atoms with E-state index in [4.69, 9.17) is 4.74 Å². The Kier molecular flexibility index (Phi) is 4.06. The number of hydrogen-bond acceptors (Lipinski definition) is 5. The van der Waals surface area contributed by atoms with E-state index in [0.29, 0.717) is 38.4 Å². The summed E-state index contributed by atoms with van der Waals surface area (Å²) in [5.41, 5.74) is 3.00. The van der Waals surface area contributed by atoms with E-state index in [1.807, 2.05) is 25.7 Å². The van der Waals surface area contributed by atoms with Crippen molar-refractivity contribution >= 4 is 11.7 Å². The highest BCUT2D eigenvalue weighted by Gasteiger charge is 2.23. The topological polar surface area (TPSA) is 72.6 Å². The number of aryl methyl sites for hydroxylation is 2. The Labute approximate surface area is 129 Å². The van der Waals surface area contributed by atoms with E-state index in [0.717, 1.165) is 17.0 Å². The molecule has 1 fully saturated rings. The zero-order chi connectivity index (χ0) is 15.7. The Hall–Kier alpha value is -2.02. The predicted molar refractivity (Wildman–Crippen MR) is 80.6 cm³/mol. The van der Waals surface area contributed by atoms with Crippen LogP contribution in [0.3, 0.4) is 0 Å². The first-order valence-corrected chi connectivity index (χ1v) is 7.61. The van der Waals surface area contributed by atoms with E-state index < -0.39 is 0 Å². The van der Waals surface area contributed by atoms with Gasteiger partial charge in [0.15, 0.2) is 0 Å². The molecule has 0 unspecified atom stereocenters. The lowest BCUT2D eigenvalue weighted by Crippen LogP contribution is -2.47. The van der Waals surface area contributed by atoms with Crippen LogP contribution in [0.1, 0.15) is 30.3 Å². The summed E-state index contributed by atoms with van der Waals surface area (Å²) in [6.45, 7) is 7.90. The molecule has 0 N–H and O–H groups in total. The van der Waals surface area contributed by atoms with Crippen molar-refractivity contribution in [3.05, 3.63) is 23.3 Å². The van der Waals surface area contributed by atoms with Crippen LogP contribution in [-0.2, 0) is 16.0 Å². The summed E-state index contributed by atoms with van der Waals surface area (Å²) in [5.74, 6) is 0.778. The number of hydrogen-bond donors (Lipinski definition) is 0. The number of nitrogens with zero attached hydrogens (tertiary/aromatic N) is 5. The summed E-state index contributed by atoms with van der Waals surface area (Å²) in [6, 6.07) is 0.152. The van der Waals surface area contributed by atoms with Crippen molar-refractivity contribution in [2.24, 2.45) is 0 Å². The molecule has 0 spiro atoms. The molecule has 1 aliphatic heterocycles. The zero-order valence-electron chi connectivity index (χ0n) is 13.2. The van der Waals surface area contributed by atoms with Crippen LogP contribution in [-0.4, -0.2) is 56.2 Å². The lowest BCUT2D eigenvalue weighted by atomic mass is 10.1. The summed E-state index contributed by atoms with van der Waals surface area (Å²) in [5, 5.41) is 4.18. The van der Waals surface area contributed by atoms with Crippen molar-refractivity contribution in [3.63, 3.8) is 0 Å². The molecule has 1 saturated heterocycles. The van der Waals surface area contributed by atoms with E-state index in [1.165, 1.54) is 6.33 Å². The van der Waals surface area contributed by atoms with Gasteiger partial charge in [-0.3, -0.25) is 4.79 Å². The van der Waals surface area contributed by atoms with Gasteiger partial charge in [-0.05, 0) is 32.8 Å². The normalized spacial score (nSPS) is 18.9. The van der Waals surface area contributed by atoms with Gasteiger partial charge in [0.05, 0.1) is 19.3 Å². The second-order valence-corrected chi connectivity index (χ2v) is 5.74. The molecule has 0 aliphatic carbocycles. The fourth-order valence-corrected chi connectivity index (χ4v) is 2.99. The van der Waals surface area contributed by atoms with Gasteiger partial charge in [-0.25, -0.2) is 9.50 Å². The van der Waals surface area contributed by atoms with Crippen molar-refractivity contribution in [3.8, 4) is 0 Å². The third-order valence-electron chi connectivity index (χ3n) is 4.27. The fraction of sp³-hybridized carbons (Fsp3) is 0.600. The molecule has 2 aromatic rings. The average molecular weight is 303 g/mol. The lowest BCUT2D eigenvalue weighted by Gasteiger charge is -2.33. The summed E-state index contributed by atoms with van der Waals surface area (Å²) >= 11 is 0. The molecule has 118 valence electrons. The molecule has 7 nitrogen and oxygen atoms in total. The van der Waals surface area contributed by atoms with Crippen molar-refractivity contribution in [2.45, 2.75) is 39.7 Å². The molecule has 0 saturated carbocycles. The fourth-order valence-electron chi connectivity index (χ4n) is 2.99. The molecule has 0 bridgehead atoms. The van der Waals surface area contributed by atoms with Crippen molar-refractivity contribution in [2.75, 3.05) is 19.8 Å². The third kappa shape index (κ3) is 2.68. The molecule has 0 radical (unpaired) electrons. The molecule has 22 heavy (non-hydrogen) atoms. The molecular weight excluding hydrogens is 282 g/mol. The molecule has 1 amide bonds. The molecule has 7 heteroatoms.